The van der Waals surface area contributed by atoms with Crippen molar-refractivity contribution in [3.05, 3.63) is 24.3 Å². The summed E-state index contributed by atoms with van der Waals surface area (Å²) in [5.74, 6) is -0.0819. The number of anilines is 1. The van der Waals surface area contributed by atoms with Crippen LogP contribution in [0.2, 0.25) is 0 Å². The topological polar surface area (TPSA) is 91.3 Å². The number of phenols is 1. The molecule has 2 fully saturated rings. The van der Waals surface area contributed by atoms with Gasteiger partial charge in [-0.1, -0.05) is 12.1 Å². The van der Waals surface area contributed by atoms with Gasteiger partial charge in [0.05, 0.1) is 31.9 Å². The fourth-order valence-electron chi connectivity index (χ4n) is 3.81. The first-order valence-corrected chi connectivity index (χ1v) is 9.01. The van der Waals surface area contributed by atoms with Crippen LogP contribution < -0.4 is 15.5 Å². The zero-order chi connectivity index (χ0) is 17.8. The molecule has 0 bridgehead atoms. The summed E-state index contributed by atoms with van der Waals surface area (Å²) in [6.07, 6.45) is 2.56. The average Bonchev–Trinajstić information content (AvgIpc) is 2.63. The number of primary amides is 1. The van der Waals surface area contributed by atoms with Gasteiger partial charge in [-0.3, -0.25) is 9.59 Å². The normalized spacial score (nSPS) is 22.0. The molecule has 0 aliphatic carbocycles. The molecule has 3 rings (SSSR count). The van der Waals surface area contributed by atoms with Crippen LogP contribution in [0.25, 0.3) is 0 Å². The van der Waals surface area contributed by atoms with Gasteiger partial charge >= 0.3 is 0 Å². The van der Waals surface area contributed by atoms with E-state index in [0.717, 1.165) is 44.7 Å². The maximum Gasteiger partial charge on any atom is 0.278 e. The quantitative estimate of drug-likeness (QED) is 0.649. The molecule has 0 spiro atoms. The summed E-state index contributed by atoms with van der Waals surface area (Å²) in [6, 6.07) is 6.89. The number of para-hydroxylation sites is 2. The fraction of sp³-hybridized carbons (Fsp3) is 0.556. The summed E-state index contributed by atoms with van der Waals surface area (Å²) < 4.78 is 0. The number of phenolic OH excluding ortho intramolecular Hbond substituents is 1. The van der Waals surface area contributed by atoms with Crippen LogP contribution in [-0.4, -0.2) is 67.1 Å². The zero-order valence-corrected chi connectivity index (χ0v) is 14.5. The molecule has 4 N–H and O–H groups in total. The number of piperidine rings is 1. The van der Waals surface area contributed by atoms with Gasteiger partial charge in [0.25, 0.3) is 5.91 Å². The molecule has 1 atom stereocenters. The number of piperazine rings is 1. The SMILES string of the molecule is NC(=O)[C@H]1CCCCN1C(=O)C[NH+]1CCN(c2ccccc2O)CC1. The van der Waals surface area contributed by atoms with E-state index in [0.29, 0.717) is 25.3 Å². The van der Waals surface area contributed by atoms with Crippen molar-refractivity contribution in [1.29, 1.82) is 0 Å². The van der Waals surface area contributed by atoms with Crippen molar-refractivity contribution in [3.63, 3.8) is 0 Å². The molecule has 1 aromatic carbocycles. The highest BCUT2D eigenvalue weighted by molar-refractivity contribution is 5.87. The Balaban J connectivity index is 1.54. The van der Waals surface area contributed by atoms with E-state index < -0.39 is 11.9 Å². The van der Waals surface area contributed by atoms with Gasteiger partial charge in [-0.05, 0) is 31.4 Å². The molecular weight excluding hydrogens is 320 g/mol. The molecular formula is C18H27N4O3+. The van der Waals surface area contributed by atoms with E-state index in [1.165, 1.54) is 4.90 Å². The first-order chi connectivity index (χ1) is 12.1. The third kappa shape index (κ3) is 4.04. The monoisotopic (exact) mass is 347 g/mol. The number of rotatable bonds is 4. The standard InChI is InChI=1S/C18H26N4O3/c19-18(25)15-6-3-4-8-22(15)17(24)13-20-9-11-21(12-10-20)14-5-1-2-7-16(14)23/h1-2,5,7,15,23H,3-4,6,8-13H2,(H2,19,25)/p+1/t15-/m1/s1. The number of nitrogens with two attached hydrogens (primary N) is 1. The van der Waals surface area contributed by atoms with E-state index in [-0.39, 0.29) is 5.91 Å². The number of likely N-dealkylation sites (tertiary alicyclic amines) is 1. The smallest absolute Gasteiger partial charge is 0.278 e. The predicted octanol–water partition coefficient (Wildman–Crippen LogP) is -1.04. The van der Waals surface area contributed by atoms with Gasteiger partial charge in [-0.25, -0.2) is 0 Å². The predicted molar refractivity (Wildman–Crippen MR) is 94.4 cm³/mol. The first kappa shape index (κ1) is 17.5. The number of nitrogens with one attached hydrogen (secondary N) is 1. The number of amides is 2. The fourth-order valence-corrected chi connectivity index (χ4v) is 3.81. The Morgan fingerprint density at radius 2 is 1.88 bits per heavy atom. The van der Waals surface area contributed by atoms with Crippen molar-refractivity contribution >= 4 is 17.5 Å². The van der Waals surface area contributed by atoms with Crippen molar-refractivity contribution < 1.29 is 19.6 Å². The minimum atomic E-state index is -0.441. The van der Waals surface area contributed by atoms with Gasteiger partial charge < -0.3 is 25.5 Å². The molecule has 0 unspecified atom stereocenters. The highest BCUT2D eigenvalue weighted by atomic mass is 16.3. The van der Waals surface area contributed by atoms with Crippen LogP contribution in [0.4, 0.5) is 5.69 Å². The highest BCUT2D eigenvalue weighted by Crippen LogP contribution is 2.26. The Morgan fingerprint density at radius 1 is 1.16 bits per heavy atom. The van der Waals surface area contributed by atoms with Crippen molar-refractivity contribution in [2.24, 2.45) is 5.73 Å². The van der Waals surface area contributed by atoms with Gasteiger partial charge in [0.15, 0.2) is 6.54 Å². The first-order valence-electron chi connectivity index (χ1n) is 9.01. The van der Waals surface area contributed by atoms with Gasteiger partial charge in [0.2, 0.25) is 5.91 Å². The molecule has 0 aromatic heterocycles. The lowest BCUT2D eigenvalue weighted by Gasteiger charge is -2.37. The summed E-state index contributed by atoms with van der Waals surface area (Å²) in [7, 11) is 0. The summed E-state index contributed by atoms with van der Waals surface area (Å²) in [4.78, 5) is 29.3. The Hall–Kier alpha value is -2.28. The Kier molecular flexibility index (Phi) is 5.43. The molecule has 2 amide bonds. The lowest BCUT2D eigenvalue weighted by Crippen LogP contribution is -3.16. The molecule has 25 heavy (non-hydrogen) atoms. The molecule has 2 heterocycles. The molecule has 7 nitrogen and oxygen atoms in total. The lowest BCUT2D eigenvalue weighted by molar-refractivity contribution is -0.892. The number of benzene rings is 1. The van der Waals surface area contributed by atoms with Crippen LogP contribution in [0.3, 0.4) is 0 Å². The third-order valence-corrected chi connectivity index (χ3v) is 5.25. The Morgan fingerprint density at radius 3 is 2.56 bits per heavy atom. The van der Waals surface area contributed by atoms with Crippen LogP contribution in [0.1, 0.15) is 19.3 Å². The number of carbonyl (C=O) groups is 2. The van der Waals surface area contributed by atoms with Gasteiger partial charge in [-0.2, -0.15) is 0 Å². The number of quaternary nitrogens is 1. The van der Waals surface area contributed by atoms with Crippen molar-refractivity contribution in [1.82, 2.24) is 4.90 Å². The van der Waals surface area contributed by atoms with Crippen LogP contribution in [0.15, 0.2) is 24.3 Å². The molecule has 2 aliphatic rings. The molecule has 2 saturated heterocycles. The number of hydrogen-bond donors (Lipinski definition) is 3. The Labute approximate surface area is 148 Å². The second-order valence-corrected chi connectivity index (χ2v) is 6.90. The van der Waals surface area contributed by atoms with Crippen molar-refractivity contribution in [2.75, 3.05) is 44.2 Å². The highest BCUT2D eigenvalue weighted by Gasteiger charge is 2.33. The van der Waals surface area contributed by atoms with Gasteiger partial charge in [0, 0.05) is 6.54 Å². The molecule has 7 heteroatoms. The maximum atomic E-state index is 12.6. The molecule has 136 valence electrons. The van der Waals surface area contributed by atoms with Crippen LogP contribution >= 0.6 is 0 Å². The number of hydrogen-bond acceptors (Lipinski definition) is 4. The number of nitrogens with zero attached hydrogens (tertiary/aromatic N) is 2. The molecule has 1 aromatic rings. The van der Waals surface area contributed by atoms with Crippen LogP contribution in [0.5, 0.6) is 5.75 Å². The molecule has 0 radical (unpaired) electrons. The number of carbonyl (C=O) groups excluding carboxylic acids is 2. The van der Waals surface area contributed by atoms with E-state index in [4.69, 9.17) is 5.73 Å². The lowest BCUT2D eigenvalue weighted by atomic mass is 10.0. The minimum Gasteiger partial charge on any atom is -0.506 e. The third-order valence-electron chi connectivity index (χ3n) is 5.25. The van der Waals surface area contributed by atoms with E-state index in [2.05, 4.69) is 4.90 Å². The minimum absolute atomic E-state index is 0.0227. The summed E-state index contributed by atoms with van der Waals surface area (Å²) >= 11 is 0. The molecule has 2 aliphatic heterocycles. The largest absolute Gasteiger partial charge is 0.506 e. The average molecular weight is 347 g/mol. The van der Waals surface area contributed by atoms with Crippen LogP contribution in [0, 0.1) is 0 Å². The summed E-state index contributed by atoms with van der Waals surface area (Å²) in [5.41, 5.74) is 6.30. The van der Waals surface area contributed by atoms with Gasteiger partial charge in [-0.15, -0.1) is 0 Å². The number of aromatic hydroxyl groups is 1. The van der Waals surface area contributed by atoms with E-state index >= 15 is 0 Å². The van der Waals surface area contributed by atoms with E-state index in [1.807, 2.05) is 18.2 Å². The van der Waals surface area contributed by atoms with E-state index in [1.54, 1.807) is 11.0 Å². The summed E-state index contributed by atoms with van der Waals surface area (Å²) in [5, 5.41) is 9.97. The Bertz CT molecular complexity index is 629. The second-order valence-electron chi connectivity index (χ2n) is 6.90. The van der Waals surface area contributed by atoms with Gasteiger partial charge in [0.1, 0.15) is 11.8 Å². The maximum absolute atomic E-state index is 12.6. The molecule has 0 saturated carbocycles. The van der Waals surface area contributed by atoms with Crippen LogP contribution in [-0.2, 0) is 9.59 Å². The summed E-state index contributed by atoms with van der Waals surface area (Å²) in [6.45, 7) is 4.27. The van der Waals surface area contributed by atoms with E-state index in [9.17, 15) is 14.7 Å². The second kappa shape index (κ2) is 7.74. The van der Waals surface area contributed by atoms with Crippen molar-refractivity contribution in [2.45, 2.75) is 25.3 Å². The van der Waals surface area contributed by atoms with Crippen molar-refractivity contribution in [3.8, 4) is 5.75 Å². The zero-order valence-electron chi connectivity index (χ0n) is 14.5.